The number of carbonyl (C=O) groups is 7. The van der Waals surface area contributed by atoms with Crippen molar-refractivity contribution in [2.45, 2.75) is 88.7 Å². The molecule has 1 heterocycles. The molecule has 0 unspecified atom stereocenters. The van der Waals surface area contributed by atoms with Crippen LogP contribution in [0, 0.1) is 0 Å². The second kappa shape index (κ2) is 19.6. The molecule has 3 rings (SSSR count). The van der Waals surface area contributed by atoms with E-state index in [4.69, 9.17) is 15.5 Å². The van der Waals surface area contributed by atoms with Gasteiger partial charge in [0, 0.05) is 32.7 Å². The molecule has 0 saturated carbocycles. The van der Waals surface area contributed by atoms with Gasteiger partial charge in [-0.25, -0.2) is 4.57 Å². The van der Waals surface area contributed by atoms with Gasteiger partial charge in [0.25, 0.3) is 0 Å². The van der Waals surface area contributed by atoms with E-state index in [1.165, 1.54) is 31.2 Å². The van der Waals surface area contributed by atoms with Crippen LogP contribution in [0.5, 0.6) is 5.75 Å². The van der Waals surface area contributed by atoms with Crippen LogP contribution in [0.2, 0.25) is 0 Å². The van der Waals surface area contributed by atoms with Crippen LogP contribution in [0.25, 0.3) is 0 Å². The van der Waals surface area contributed by atoms with Gasteiger partial charge in [0.1, 0.15) is 36.0 Å². The Hall–Kier alpha value is -5.36. The summed E-state index contributed by atoms with van der Waals surface area (Å²) >= 11 is 0. The van der Waals surface area contributed by atoms with E-state index in [1.807, 2.05) is 0 Å². The summed E-state index contributed by atoms with van der Waals surface area (Å²) in [6.07, 6.45) is -2.03. The minimum absolute atomic E-state index is 0.0288. The summed E-state index contributed by atoms with van der Waals surface area (Å²) in [5.74, 6) is -6.27. The first-order valence-corrected chi connectivity index (χ1v) is 18.4. The third-order valence-corrected chi connectivity index (χ3v) is 8.84. The maximum atomic E-state index is 13.8. The van der Waals surface area contributed by atoms with E-state index in [1.54, 1.807) is 30.3 Å². The first kappa shape index (κ1) is 43.0. The summed E-state index contributed by atoms with van der Waals surface area (Å²) in [5.41, 5.74) is 6.63. The number of aliphatic hydroxyl groups is 1. The van der Waals surface area contributed by atoms with Crippen LogP contribution >= 0.6 is 7.82 Å². The lowest BCUT2D eigenvalue weighted by atomic mass is 10.0. The largest absolute Gasteiger partial charge is 0.524 e. The maximum absolute atomic E-state index is 13.8. The number of carbonyl (C=O) groups excluding carboxylic acids is 6. The van der Waals surface area contributed by atoms with Gasteiger partial charge in [0.15, 0.2) is 0 Å². The first-order chi connectivity index (χ1) is 25.3. The number of carboxylic acids is 1. The molecule has 19 nitrogen and oxygen atoms in total. The van der Waals surface area contributed by atoms with E-state index in [0.717, 1.165) is 11.8 Å². The van der Waals surface area contributed by atoms with Crippen molar-refractivity contribution in [3.8, 4) is 5.75 Å². The fourth-order valence-electron chi connectivity index (χ4n) is 5.79. The number of amides is 6. The number of phosphoric ester groups is 1. The summed E-state index contributed by atoms with van der Waals surface area (Å²) in [7, 11) is -4.82. The van der Waals surface area contributed by atoms with Crippen LogP contribution in [-0.4, -0.2) is 109 Å². The third kappa shape index (κ3) is 13.6. The summed E-state index contributed by atoms with van der Waals surface area (Å²) in [6, 6.07) is 7.26. The number of carboxylic acid groups (broad SMARTS) is 1. The van der Waals surface area contributed by atoms with Crippen molar-refractivity contribution in [3.63, 3.8) is 0 Å². The molecule has 1 saturated heterocycles. The fraction of sp³-hybridized carbons (Fsp3) is 0.441. The van der Waals surface area contributed by atoms with E-state index >= 15 is 0 Å². The fourth-order valence-corrected chi connectivity index (χ4v) is 6.18. The molecular weight excluding hydrogens is 731 g/mol. The summed E-state index contributed by atoms with van der Waals surface area (Å²) in [4.78, 5) is 109. The number of benzene rings is 2. The normalized spacial score (nSPS) is 16.8. The van der Waals surface area contributed by atoms with Crippen LogP contribution in [0.15, 0.2) is 54.6 Å². The van der Waals surface area contributed by atoms with Crippen molar-refractivity contribution >= 4 is 49.2 Å². The lowest BCUT2D eigenvalue weighted by Crippen LogP contribution is -2.61. The van der Waals surface area contributed by atoms with Crippen LogP contribution in [0.4, 0.5) is 0 Å². The Balaban J connectivity index is 1.75. The Bertz CT molecular complexity index is 1720. The smallest absolute Gasteiger partial charge is 0.481 e. The van der Waals surface area contributed by atoms with Gasteiger partial charge >= 0.3 is 13.8 Å². The second-order valence-corrected chi connectivity index (χ2v) is 13.9. The monoisotopic (exact) mass is 776 g/mol. The first-order valence-electron chi connectivity index (χ1n) is 16.9. The van der Waals surface area contributed by atoms with E-state index in [2.05, 4.69) is 25.8 Å². The number of nitrogens with one attached hydrogen (secondary N) is 4. The summed E-state index contributed by atoms with van der Waals surface area (Å²) in [6.45, 7) is 2.42. The van der Waals surface area contributed by atoms with Crippen molar-refractivity contribution in [2.24, 2.45) is 5.73 Å². The highest BCUT2D eigenvalue weighted by Gasteiger charge is 2.41. The van der Waals surface area contributed by atoms with Gasteiger partial charge < -0.3 is 46.6 Å². The molecular formula is C34H45N6O13P. The summed E-state index contributed by atoms with van der Waals surface area (Å²) < 4.78 is 15.6. The van der Waals surface area contributed by atoms with Gasteiger partial charge in [-0.15, -0.1) is 0 Å². The highest BCUT2D eigenvalue weighted by atomic mass is 31.2. The van der Waals surface area contributed by atoms with Crippen LogP contribution in [-0.2, 0) is 51.0 Å². The number of phosphoric acid groups is 1. The van der Waals surface area contributed by atoms with Gasteiger partial charge in [-0.3, -0.25) is 43.3 Å². The van der Waals surface area contributed by atoms with Crippen molar-refractivity contribution in [1.82, 2.24) is 26.2 Å². The highest BCUT2D eigenvalue weighted by molar-refractivity contribution is 7.46. The lowest BCUT2D eigenvalue weighted by molar-refractivity contribution is -0.144. The lowest BCUT2D eigenvalue weighted by Gasteiger charge is -2.31. The average molecular weight is 777 g/mol. The molecule has 2 aromatic carbocycles. The van der Waals surface area contributed by atoms with E-state index in [0.29, 0.717) is 17.5 Å². The molecule has 1 aliphatic heterocycles. The SMILES string of the molecule is CC(=O)N[C@@H](Cc1ccc(OP(=O)(O)O)cc1)C(=O)N[C@H](C(=O)N1CCC[C@H]1C(=O)N[C@@H](CCC(=O)O)C(=O)N[C@@H](Cc1ccccc1)C(N)=O)[C@@H](C)O. The molecule has 1 aliphatic rings. The molecule has 0 bridgehead atoms. The quantitative estimate of drug-likeness (QED) is 0.0745. The number of aliphatic hydroxyl groups excluding tert-OH is 1. The van der Waals surface area contributed by atoms with Crippen LogP contribution in [0.3, 0.4) is 0 Å². The molecule has 0 spiro atoms. The Morgan fingerprint density at radius 2 is 1.46 bits per heavy atom. The van der Waals surface area contributed by atoms with Gasteiger partial charge in [-0.05, 0) is 49.4 Å². The molecule has 54 heavy (non-hydrogen) atoms. The van der Waals surface area contributed by atoms with Gasteiger partial charge in [0.2, 0.25) is 35.4 Å². The van der Waals surface area contributed by atoms with E-state index in [-0.39, 0.29) is 38.0 Å². The topological polar surface area (TPSA) is 304 Å². The number of likely N-dealkylation sites (tertiary alicyclic amines) is 1. The van der Waals surface area contributed by atoms with Crippen molar-refractivity contribution < 1.29 is 62.7 Å². The number of rotatable bonds is 19. The van der Waals surface area contributed by atoms with Crippen molar-refractivity contribution in [1.29, 1.82) is 0 Å². The third-order valence-electron chi connectivity index (χ3n) is 8.39. The minimum atomic E-state index is -4.82. The molecule has 0 radical (unpaired) electrons. The average Bonchev–Trinajstić information content (AvgIpc) is 3.58. The second-order valence-electron chi connectivity index (χ2n) is 12.7. The molecule has 2 aromatic rings. The molecule has 6 atom stereocenters. The molecule has 0 aromatic heterocycles. The number of hydrogen-bond acceptors (Lipinski definition) is 10. The predicted molar refractivity (Wildman–Crippen MR) is 189 cm³/mol. The van der Waals surface area contributed by atoms with E-state index in [9.17, 15) is 48.3 Å². The highest BCUT2D eigenvalue weighted by Crippen LogP contribution is 2.37. The predicted octanol–water partition coefficient (Wildman–Crippen LogP) is -1.38. The Kier molecular flexibility index (Phi) is 15.7. The molecule has 1 fully saturated rings. The maximum Gasteiger partial charge on any atom is 0.524 e. The standard InChI is InChI=1S/C34H45N6O13P/c1-19(41)29(39-32(47)26(36-20(2)42)18-22-10-12-23(13-11-22)53-54(50,51)52)34(49)40-16-6-9-27(40)33(48)37-24(14-15-28(43)44)31(46)38-25(30(35)45)17-21-7-4-3-5-8-21/h3-5,7-8,10-13,19,24-27,29,41H,6,9,14-18H2,1-2H3,(H2,35,45)(H,36,42)(H,37,48)(H,38,46)(H,39,47)(H,43,44)(H2,50,51,52)/t19-,24+,25+,26+,27+,29+/m1/s1. The minimum Gasteiger partial charge on any atom is -0.481 e. The zero-order valence-electron chi connectivity index (χ0n) is 29.5. The molecule has 0 aliphatic carbocycles. The number of nitrogens with zero attached hydrogens (tertiary/aromatic N) is 1. The number of nitrogens with two attached hydrogens (primary N) is 1. The number of hydrogen-bond donors (Lipinski definition) is 9. The zero-order valence-corrected chi connectivity index (χ0v) is 30.4. The molecule has 294 valence electrons. The van der Waals surface area contributed by atoms with E-state index < -0.39 is 92.0 Å². The number of primary amides is 1. The zero-order chi connectivity index (χ0) is 40.2. The Morgan fingerprint density at radius 1 is 0.870 bits per heavy atom. The van der Waals surface area contributed by atoms with Crippen LogP contribution in [0.1, 0.15) is 50.7 Å². The Morgan fingerprint density at radius 3 is 2.02 bits per heavy atom. The number of aliphatic carboxylic acids is 1. The Labute approximate surface area is 310 Å². The van der Waals surface area contributed by atoms with Crippen molar-refractivity contribution in [2.75, 3.05) is 6.54 Å². The molecule has 10 N–H and O–H groups in total. The molecule has 20 heteroatoms. The van der Waals surface area contributed by atoms with Gasteiger partial charge in [-0.1, -0.05) is 42.5 Å². The van der Waals surface area contributed by atoms with Gasteiger partial charge in [-0.2, -0.15) is 0 Å². The van der Waals surface area contributed by atoms with Crippen molar-refractivity contribution in [3.05, 3.63) is 65.7 Å². The summed E-state index contributed by atoms with van der Waals surface area (Å²) in [5, 5.41) is 29.7. The van der Waals surface area contributed by atoms with Gasteiger partial charge in [0.05, 0.1) is 6.10 Å². The van der Waals surface area contributed by atoms with Crippen LogP contribution < -0.4 is 31.5 Å². The molecule has 6 amide bonds.